The van der Waals surface area contributed by atoms with Gasteiger partial charge in [0.2, 0.25) is 0 Å². The maximum atomic E-state index is 2.74. The van der Waals surface area contributed by atoms with Gasteiger partial charge in [0, 0.05) is 35.2 Å². The number of nitrogens with zero attached hydrogens (tertiary/aromatic N) is 4. The highest BCUT2D eigenvalue weighted by Crippen LogP contribution is 2.51. The molecule has 5 rings (SSSR count). The van der Waals surface area contributed by atoms with Gasteiger partial charge >= 0.3 is 0 Å². The lowest BCUT2D eigenvalue weighted by atomic mass is 9.93. The first-order valence-corrected chi connectivity index (χ1v) is 13.1. The fourth-order valence-corrected chi connectivity index (χ4v) is 7.74. The lowest BCUT2D eigenvalue weighted by molar-refractivity contribution is 0.0825. The molecule has 4 fully saturated rings. The van der Waals surface area contributed by atoms with E-state index < -0.39 is 0 Å². The molecule has 0 amide bonds. The van der Waals surface area contributed by atoms with E-state index >= 15 is 0 Å². The lowest BCUT2D eigenvalue weighted by Gasteiger charge is -2.50. The molecule has 1 aromatic rings. The largest absolute Gasteiger partial charge is 0.301 e. The fourth-order valence-electron chi connectivity index (χ4n) is 7.74. The van der Waals surface area contributed by atoms with E-state index in [9.17, 15) is 0 Å². The Bertz CT molecular complexity index is 817. The van der Waals surface area contributed by atoms with Crippen LogP contribution in [0.2, 0.25) is 0 Å². The number of hydrogen-bond acceptors (Lipinski definition) is 4. The molecule has 0 unspecified atom stereocenters. The van der Waals surface area contributed by atoms with Crippen molar-refractivity contribution in [3.63, 3.8) is 0 Å². The summed E-state index contributed by atoms with van der Waals surface area (Å²) in [7, 11) is 0. The van der Waals surface area contributed by atoms with E-state index in [1.807, 2.05) is 0 Å². The van der Waals surface area contributed by atoms with Gasteiger partial charge in [-0.1, -0.05) is 0 Å². The second-order valence-corrected chi connectivity index (χ2v) is 13.2. The average Bonchev–Trinajstić information content (AvgIpc) is 3.45. The zero-order valence-corrected chi connectivity index (χ0v) is 22.3. The van der Waals surface area contributed by atoms with Crippen molar-refractivity contribution in [3.05, 3.63) is 22.3 Å². The Kier molecular flexibility index (Phi) is 5.01. The Balaban J connectivity index is 1.64. The topological polar surface area (TPSA) is 13.0 Å². The first-order valence-electron chi connectivity index (χ1n) is 13.1. The van der Waals surface area contributed by atoms with Crippen LogP contribution in [-0.2, 0) is 0 Å². The van der Waals surface area contributed by atoms with Crippen LogP contribution < -0.4 is 10.0 Å². The molecule has 178 valence electrons. The van der Waals surface area contributed by atoms with Crippen molar-refractivity contribution in [2.75, 3.05) is 10.0 Å². The molecule has 0 radical (unpaired) electrons. The van der Waals surface area contributed by atoms with Gasteiger partial charge in [-0.2, -0.15) is 0 Å². The summed E-state index contributed by atoms with van der Waals surface area (Å²) in [6.45, 7) is 23.9. The minimum absolute atomic E-state index is 0.149. The number of rotatable bonds is 2. The van der Waals surface area contributed by atoms with Gasteiger partial charge in [-0.3, -0.25) is 0 Å². The molecule has 2 saturated heterocycles. The van der Waals surface area contributed by atoms with Crippen LogP contribution in [0.4, 0.5) is 11.4 Å². The molecular formula is C28H46N4. The van der Waals surface area contributed by atoms with Crippen molar-refractivity contribution >= 4 is 11.4 Å². The SMILES string of the molecule is Cc1c(C)c(N2[C@@H]3CC[C@@H](C3)N2C(C)(C)C)c(C)c(C)c1N1[C@H]2CC[C@H](C2)N1C(C)(C)C. The molecule has 4 aliphatic rings. The maximum absolute atomic E-state index is 2.74. The normalized spacial score (nSPS) is 30.9. The van der Waals surface area contributed by atoms with Gasteiger partial charge in [0.25, 0.3) is 0 Å². The maximum Gasteiger partial charge on any atom is 0.0590 e. The quantitative estimate of drug-likeness (QED) is 0.527. The Hall–Kier alpha value is -1.26. The van der Waals surface area contributed by atoms with Crippen molar-refractivity contribution < 1.29 is 0 Å². The van der Waals surface area contributed by atoms with Crippen LogP contribution in [0.15, 0.2) is 0 Å². The summed E-state index contributed by atoms with van der Waals surface area (Å²) in [5, 5.41) is 10.9. The Morgan fingerprint density at radius 2 is 0.781 bits per heavy atom. The Labute approximate surface area is 196 Å². The molecule has 4 heteroatoms. The number of hydrogen-bond donors (Lipinski definition) is 0. The summed E-state index contributed by atoms with van der Waals surface area (Å²) in [4.78, 5) is 0. The monoisotopic (exact) mass is 438 g/mol. The summed E-state index contributed by atoms with van der Waals surface area (Å²) in [5.74, 6) is 0. The average molecular weight is 439 g/mol. The molecule has 2 heterocycles. The Morgan fingerprint density at radius 3 is 1.06 bits per heavy atom. The summed E-state index contributed by atoms with van der Waals surface area (Å²) in [6, 6.07) is 2.72. The standard InChI is InChI=1S/C28H46N4/c1-17-18(2)26(30-22-12-14-24(16-22)32(30)28(8,9)10)20(4)19(3)25(17)29-21-11-13-23(15-21)31(29)27(5,6)7/h21-24H,11-16H2,1-10H3/t21-,22+,23+,24-. The van der Waals surface area contributed by atoms with Gasteiger partial charge in [0.15, 0.2) is 0 Å². The predicted molar refractivity (Wildman–Crippen MR) is 136 cm³/mol. The number of hydrazine groups is 2. The molecular weight excluding hydrogens is 392 g/mol. The molecule has 1 aromatic carbocycles. The molecule has 0 spiro atoms. The van der Waals surface area contributed by atoms with Crippen LogP contribution in [0.3, 0.4) is 0 Å². The van der Waals surface area contributed by atoms with E-state index in [1.165, 1.54) is 72.2 Å². The van der Waals surface area contributed by atoms with Crippen LogP contribution in [0.25, 0.3) is 0 Å². The summed E-state index contributed by atoms with van der Waals surface area (Å²) in [6.07, 6.45) is 8.02. The lowest BCUT2D eigenvalue weighted by Crippen LogP contribution is -2.57. The zero-order valence-electron chi connectivity index (χ0n) is 22.3. The molecule has 2 aliphatic carbocycles. The predicted octanol–water partition coefficient (Wildman–Crippen LogP) is 6.43. The smallest absolute Gasteiger partial charge is 0.0590 e. The van der Waals surface area contributed by atoms with Crippen LogP contribution in [0.5, 0.6) is 0 Å². The number of benzene rings is 1. The highest BCUT2D eigenvalue weighted by Gasteiger charge is 2.52. The summed E-state index contributed by atoms with van der Waals surface area (Å²) >= 11 is 0. The van der Waals surface area contributed by atoms with Crippen LogP contribution in [-0.4, -0.2) is 45.3 Å². The molecule has 4 bridgehead atoms. The molecule has 2 saturated carbocycles. The minimum Gasteiger partial charge on any atom is -0.301 e. The first kappa shape index (κ1) is 22.5. The highest BCUT2D eigenvalue weighted by atomic mass is 15.7. The van der Waals surface area contributed by atoms with E-state index in [4.69, 9.17) is 0 Å². The van der Waals surface area contributed by atoms with Crippen LogP contribution >= 0.6 is 0 Å². The van der Waals surface area contributed by atoms with Gasteiger partial charge in [-0.15, -0.1) is 0 Å². The van der Waals surface area contributed by atoms with Crippen LogP contribution in [0.1, 0.15) is 102 Å². The third-order valence-corrected chi connectivity index (χ3v) is 8.98. The van der Waals surface area contributed by atoms with Gasteiger partial charge in [-0.05, 0) is 130 Å². The minimum atomic E-state index is 0.149. The molecule has 4 atom stereocenters. The highest BCUT2D eigenvalue weighted by molar-refractivity contribution is 5.75. The first-order chi connectivity index (χ1) is 14.8. The number of anilines is 2. The van der Waals surface area contributed by atoms with E-state index in [1.54, 1.807) is 0 Å². The van der Waals surface area contributed by atoms with E-state index in [0.717, 1.165) is 0 Å². The second-order valence-electron chi connectivity index (χ2n) is 13.2. The number of fused-ring (bicyclic) bond motifs is 4. The summed E-state index contributed by atoms with van der Waals surface area (Å²) in [5.41, 5.74) is 9.24. The van der Waals surface area contributed by atoms with Crippen molar-refractivity contribution in [3.8, 4) is 0 Å². The van der Waals surface area contributed by atoms with Gasteiger partial charge < -0.3 is 10.0 Å². The second kappa shape index (κ2) is 7.12. The molecule has 32 heavy (non-hydrogen) atoms. The fraction of sp³-hybridized carbons (Fsp3) is 0.786. The molecule has 2 aliphatic heterocycles. The van der Waals surface area contributed by atoms with Gasteiger partial charge in [0.05, 0.1) is 11.4 Å². The third-order valence-electron chi connectivity index (χ3n) is 8.98. The third kappa shape index (κ3) is 3.08. The molecule has 4 nitrogen and oxygen atoms in total. The van der Waals surface area contributed by atoms with Crippen molar-refractivity contribution in [2.24, 2.45) is 0 Å². The van der Waals surface area contributed by atoms with Crippen molar-refractivity contribution in [1.82, 2.24) is 10.0 Å². The van der Waals surface area contributed by atoms with Crippen LogP contribution in [0, 0.1) is 27.7 Å². The van der Waals surface area contributed by atoms with Crippen molar-refractivity contribution in [1.29, 1.82) is 0 Å². The van der Waals surface area contributed by atoms with Crippen molar-refractivity contribution in [2.45, 2.75) is 143 Å². The zero-order chi connectivity index (χ0) is 23.3. The van der Waals surface area contributed by atoms with E-state index in [0.29, 0.717) is 24.2 Å². The van der Waals surface area contributed by atoms with Gasteiger partial charge in [-0.25, -0.2) is 10.0 Å². The molecule has 0 N–H and O–H groups in total. The van der Waals surface area contributed by atoms with Gasteiger partial charge in [0.1, 0.15) is 0 Å². The van der Waals surface area contributed by atoms with E-state index in [-0.39, 0.29) is 11.1 Å². The summed E-state index contributed by atoms with van der Waals surface area (Å²) < 4.78 is 0. The van der Waals surface area contributed by atoms with E-state index in [2.05, 4.69) is 89.3 Å². The Morgan fingerprint density at radius 1 is 0.500 bits per heavy atom. The molecule has 0 aromatic heterocycles.